The Labute approximate surface area is 202 Å². The fourth-order valence-corrected chi connectivity index (χ4v) is 4.54. The topological polar surface area (TPSA) is 108 Å². The summed E-state index contributed by atoms with van der Waals surface area (Å²) in [6.45, 7) is 6.04. The van der Waals surface area contributed by atoms with Crippen LogP contribution in [-0.4, -0.2) is 65.5 Å². The lowest BCUT2D eigenvalue weighted by atomic mass is 10.0. The minimum Gasteiger partial charge on any atom is -0.350 e. The molecule has 0 atom stereocenters. The van der Waals surface area contributed by atoms with E-state index in [2.05, 4.69) is 57.7 Å². The van der Waals surface area contributed by atoms with Gasteiger partial charge in [0.2, 0.25) is 6.41 Å². The van der Waals surface area contributed by atoms with Gasteiger partial charge in [-0.1, -0.05) is 60.7 Å². The molecule has 2 aliphatic rings. The minimum atomic E-state index is -0.612. The van der Waals surface area contributed by atoms with E-state index in [0.717, 1.165) is 65.0 Å². The van der Waals surface area contributed by atoms with Crippen molar-refractivity contribution in [3.8, 4) is 0 Å². The molecule has 184 valence electrons. The maximum atomic E-state index is 11.3. The molecule has 2 heterocycles. The molecular formula is C26H38N6O2. The Bertz CT molecular complexity index is 850. The van der Waals surface area contributed by atoms with Crippen molar-refractivity contribution < 1.29 is 9.59 Å². The van der Waals surface area contributed by atoms with Crippen molar-refractivity contribution in [2.75, 3.05) is 26.2 Å². The van der Waals surface area contributed by atoms with Crippen LogP contribution in [0.4, 0.5) is 4.79 Å². The molecule has 2 aliphatic heterocycles. The van der Waals surface area contributed by atoms with Gasteiger partial charge in [-0.05, 0) is 49.9 Å². The van der Waals surface area contributed by atoms with Gasteiger partial charge < -0.3 is 11.5 Å². The van der Waals surface area contributed by atoms with Gasteiger partial charge >= 0.3 is 6.03 Å². The monoisotopic (exact) mass is 466 g/mol. The SMILES string of the molecule is NC(=O)N(NC=O)C1CCN(Cc2ccccc2)CC1.NC1CCN(Cc2ccccc2)CC1. The van der Waals surface area contributed by atoms with Gasteiger partial charge in [-0.2, -0.15) is 0 Å². The van der Waals surface area contributed by atoms with Crippen molar-refractivity contribution >= 4 is 12.4 Å². The molecule has 0 spiro atoms. The van der Waals surface area contributed by atoms with E-state index in [4.69, 9.17) is 11.5 Å². The van der Waals surface area contributed by atoms with Crippen molar-refractivity contribution in [3.63, 3.8) is 0 Å². The maximum Gasteiger partial charge on any atom is 0.333 e. The Kier molecular flexibility index (Phi) is 10.3. The van der Waals surface area contributed by atoms with Crippen LogP contribution in [0.15, 0.2) is 60.7 Å². The zero-order valence-corrected chi connectivity index (χ0v) is 19.9. The van der Waals surface area contributed by atoms with E-state index >= 15 is 0 Å². The zero-order chi connectivity index (χ0) is 24.2. The molecule has 0 unspecified atom stereocenters. The van der Waals surface area contributed by atoms with Crippen molar-refractivity contribution in [3.05, 3.63) is 71.8 Å². The summed E-state index contributed by atoms with van der Waals surface area (Å²) in [7, 11) is 0. The largest absolute Gasteiger partial charge is 0.350 e. The Morgan fingerprint density at radius 3 is 1.71 bits per heavy atom. The number of hydrogen-bond acceptors (Lipinski definition) is 5. The maximum absolute atomic E-state index is 11.3. The van der Waals surface area contributed by atoms with Crippen LogP contribution >= 0.6 is 0 Å². The van der Waals surface area contributed by atoms with Gasteiger partial charge in [-0.3, -0.25) is 20.0 Å². The highest BCUT2D eigenvalue weighted by Crippen LogP contribution is 2.17. The minimum absolute atomic E-state index is 0.0234. The number of nitrogens with one attached hydrogen (secondary N) is 1. The first-order valence-electron chi connectivity index (χ1n) is 12.1. The first-order chi connectivity index (χ1) is 16.5. The van der Waals surface area contributed by atoms with Crippen LogP contribution in [0, 0.1) is 0 Å². The number of carbonyl (C=O) groups excluding carboxylic acids is 2. The molecule has 0 aliphatic carbocycles. The molecule has 2 aromatic rings. The molecule has 3 amide bonds. The third-order valence-corrected chi connectivity index (χ3v) is 6.48. The lowest BCUT2D eigenvalue weighted by Gasteiger charge is -2.36. The summed E-state index contributed by atoms with van der Waals surface area (Å²) in [5.74, 6) is 0. The second-order valence-electron chi connectivity index (χ2n) is 9.05. The number of benzene rings is 2. The van der Waals surface area contributed by atoms with Gasteiger partial charge in [0.05, 0.1) is 6.04 Å². The molecule has 0 aromatic heterocycles. The zero-order valence-electron chi connectivity index (χ0n) is 19.9. The van der Waals surface area contributed by atoms with Crippen LogP contribution in [0.3, 0.4) is 0 Å². The Hall–Kier alpha value is -2.94. The van der Waals surface area contributed by atoms with Crippen molar-refractivity contribution in [2.24, 2.45) is 11.5 Å². The summed E-state index contributed by atoms with van der Waals surface area (Å²) in [5.41, 5.74) is 16.2. The van der Waals surface area contributed by atoms with E-state index in [1.807, 2.05) is 18.2 Å². The summed E-state index contributed by atoms with van der Waals surface area (Å²) in [5, 5.41) is 1.23. The van der Waals surface area contributed by atoms with E-state index in [0.29, 0.717) is 12.5 Å². The van der Waals surface area contributed by atoms with Gasteiger partial charge in [-0.15, -0.1) is 0 Å². The number of likely N-dealkylation sites (tertiary alicyclic amines) is 2. The lowest BCUT2D eigenvalue weighted by molar-refractivity contribution is -0.113. The highest BCUT2D eigenvalue weighted by atomic mass is 16.2. The summed E-state index contributed by atoms with van der Waals surface area (Å²) in [6, 6.07) is 20.7. The van der Waals surface area contributed by atoms with E-state index < -0.39 is 6.03 Å². The highest BCUT2D eigenvalue weighted by Gasteiger charge is 2.26. The second kappa shape index (κ2) is 13.7. The summed E-state index contributed by atoms with van der Waals surface area (Å²) < 4.78 is 0. The predicted octanol–water partition coefficient (Wildman–Crippen LogP) is 2.30. The van der Waals surface area contributed by atoms with E-state index in [9.17, 15) is 9.59 Å². The average molecular weight is 467 g/mol. The Morgan fingerprint density at radius 1 is 0.853 bits per heavy atom. The number of rotatable bonds is 7. The summed E-state index contributed by atoms with van der Waals surface area (Å²) in [4.78, 5) is 26.6. The lowest BCUT2D eigenvalue weighted by Crippen LogP contribution is -2.54. The smallest absolute Gasteiger partial charge is 0.333 e. The Morgan fingerprint density at radius 2 is 1.29 bits per heavy atom. The van der Waals surface area contributed by atoms with Crippen LogP contribution in [0.25, 0.3) is 0 Å². The number of piperidine rings is 2. The van der Waals surface area contributed by atoms with Crippen LogP contribution in [-0.2, 0) is 17.9 Å². The fourth-order valence-electron chi connectivity index (χ4n) is 4.54. The molecule has 2 aromatic carbocycles. The Balaban J connectivity index is 0.000000202. The van der Waals surface area contributed by atoms with Crippen LogP contribution in [0.1, 0.15) is 36.8 Å². The first-order valence-corrected chi connectivity index (χ1v) is 12.1. The fraction of sp³-hybridized carbons (Fsp3) is 0.462. The number of primary amides is 1. The van der Waals surface area contributed by atoms with E-state index in [1.54, 1.807) is 0 Å². The summed E-state index contributed by atoms with van der Waals surface area (Å²) in [6.07, 6.45) is 4.38. The molecular weight excluding hydrogens is 428 g/mol. The van der Waals surface area contributed by atoms with Gasteiger partial charge in [0.1, 0.15) is 0 Å². The van der Waals surface area contributed by atoms with Crippen LogP contribution < -0.4 is 16.9 Å². The molecule has 8 heteroatoms. The third-order valence-electron chi connectivity index (χ3n) is 6.48. The second-order valence-corrected chi connectivity index (χ2v) is 9.05. The highest BCUT2D eigenvalue weighted by molar-refractivity contribution is 5.73. The van der Waals surface area contributed by atoms with Gasteiger partial charge in [-0.25, -0.2) is 9.80 Å². The van der Waals surface area contributed by atoms with E-state index in [1.165, 1.54) is 16.1 Å². The number of nitrogens with zero attached hydrogens (tertiary/aromatic N) is 3. The van der Waals surface area contributed by atoms with Gasteiger partial charge in [0, 0.05) is 32.2 Å². The van der Waals surface area contributed by atoms with Crippen LogP contribution in [0.2, 0.25) is 0 Å². The molecule has 2 saturated heterocycles. The molecule has 0 saturated carbocycles. The van der Waals surface area contributed by atoms with Crippen molar-refractivity contribution in [1.29, 1.82) is 0 Å². The molecule has 0 bridgehead atoms. The molecule has 8 nitrogen and oxygen atoms in total. The molecule has 4 rings (SSSR count). The number of carbonyl (C=O) groups is 2. The number of nitrogens with two attached hydrogens (primary N) is 2. The van der Waals surface area contributed by atoms with Gasteiger partial charge in [0.15, 0.2) is 0 Å². The number of hydrazine groups is 1. The van der Waals surface area contributed by atoms with Crippen LogP contribution in [0.5, 0.6) is 0 Å². The number of urea groups is 1. The number of amides is 3. The first kappa shape index (κ1) is 25.7. The molecule has 34 heavy (non-hydrogen) atoms. The van der Waals surface area contributed by atoms with Gasteiger partial charge in [0.25, 0.3) is 0 Å². The quantitative estimate of drug-likeness (QED) is 0.429. The third kappa shape index (κ3) is 8.44. The normalized spacial score (nSPS) is 17.9. The molecule has 0 radical (unpaired) electrons. The molecule has 5 N–H and O–H groups in total. The van der Waals surface area contributed by atoms with Crippen molar-refractivity contribution in [1.82, 2.24) is 20.2 Å². The van der Waals surface area contributed by atoms with E-state index in [-0.39, 0.29) is 6.04 Å². The van der Waals surface area contributed by atoms with Crippen molar-refractivity contribution in [2.45, 2.75) is 50.9 Å². The molecule has 2 fully saturated rings. The standard InChI is InChI=1S/C14H20N4O2.C12H18N2/c15-14(20)18(16-11-19)13-6-8-17(9-7-13)10-12-4-2-1-3-5-12;13-12-6-8-14(9-7-12)10-11-4-2-1-3-5-11/h1-5,11,13H,6-10H2,(H2,15,20)(H,16,19);1-5,12H,6-10,13H2. The number of hydrogen-bond donors (Lipinski definition) is 3. The summed E-state index contributed by atoms with van der Waals surface area (Å²) >= 11 is 0. The average Bonchev–Trinajstić information content (AvgIpc) is 2.86. The predicted molar refractivity (Wildman–Crippen MR) is 134 cm³/mol.